The molecule has 3 aromatic rings. The molecule has 0 aliphatic carbocycles. The molecule has 0 saturated heterocycles. The molecule has 0 aliphatic rings. The monoisotopic (exact) mass is 312 g/mol. The van der Waals surface area contributed by atoms with E-state index in [-0.39, 0.29) is 11.6 Å². The van der Waals surface area contributed by atoms with Gasteiger partial charge in [0.2, 0.25) is 0 Å². The van der Waals surface area contributed by atoms with Gasteiger partial charge in [0, 0.05) is 12.3 Å². The highest BCUT2D eigenvalue weighted by molar-refractivity contribution is 5.80. The van der Waals surface area contributed by atoms with Gasteiger partial charge >= 0.3 is 0 Å². The molecule has 0 fully saturated rings. The molecule has 0 aliphatic heterocycles. The van der Waals surface area contributed by atoms with Crippen LogP contribution < -0.4 is 5.56 Å². The van der Waals surface area contributed by atoms with Crippen molar-refractivity contribution in [3.05, 3.63) is 52.6 Å². The molecule has 0 bridgehead atoms. The second kappa shape index (κ2) is 5.96. The molecule has 0 saturated carbocycles. The SMILES string of the molecule is CCC(O)c1nn2ccccc2c1-c1ccc(=O)n(C(C)C)n1. The summed E-state index contributed by atoms with van der Waals surface area (Å²) in [6.45, 7) is 5.73. The summed E-state index contributed by atoms with van der Waals surface area (Å²) >= 11 is 0. The van der Waals surface area contributed by atoms with E-state index < -0.39 is 6.10 Å². The smallest absolute Gasteiger partial charge is 0.267 e. The van der Waals surface area contributed by atoms with Gasteiger partial charge in [0.25, 0.3) is 5.56 Å². The van der Waals surface area contributed by atoms with Crippen LogP contribution >= 0.6 is 0 Å². The van der Waals surface area contributed by atoms with Crippen molar-refractivity contribution in [2.45, 2.75) is 39.3 Å². The number of nitrogens with zero attached hydrogens (tertiary/aromatic N) is 4. The third kappa shape index (κ3) is 2.66. The summed E-state index contributed by atoms with van der Waals surface area (Å²) in [6.07, 6.45) is 1.72. The van der Waals surface area contributed by atoms with E-state index >= 15 is 0 Å². The summed E-state index contributed by atoms with van der Waals surface area (Å²) < 4.78 is 3.18. The summed E-state index contributed by atoms with van der Waals surface area (Å²) in [5.74, 6) is 0. The molecule has 1 N–H and O–H groups in total. The maximum absolute atomic E-state index is 12.0. The topological polar surface area (TPSA) is 72.4 Å². The first-order valence-corrected chi connectivity index (χ1v) is 7.78. The van der Waals surface area contributed by atoms with E-state index in [2.05, 4.69) is 10.2 Å². The predicted octanol–water partition coefficient (Wildman–Crippen LogP) is 2.58. The van der Waals surface area contributed by atoms with Gasteiger partial charge < -0.3 is 5.11 Å². The average Bonchev–Trinajstić information content (AvgIpc) is 2.94. The number of aromatic nitrogens is 4. The van der Waals surface area contributed by atoms with Crippen molar-refractivity contribution in [1.82, 2.24) is 19.4 Å². The third-order valence-corrected chi connectivity index (χ3v) is 3.84. The van der Waals surface area contributed by atoms with Gasteiger partial charge in [-0.3, -0.25) is 4.79 Å². The van der Waals surface area contributed by atoms with E-state index in [0.29, 0.717) is 17.8 Å². The summed E-state index contributed by atoms with van der Waals surface area (Å²) in [4.78, 5) is 12.0. The van der Waals surface area contributed by atoms with Crippen molar-refractivity contribution in [3.63, 3.8) is 0 Å². The lowest BCUT2D eigenvalue weighted by Gasteiger charge is -2.11. The van der Waals surface area contributed by atoms with Gasteiger partial charge in [-0.15, -0.1) is 0 Å². The molecule has 0 spiro atoms. The first-order chi connectivity index (χ1) is 11.0. The lowest BCUT2D eigenvalue weighted by atomic mass is 10.0. The average molecular weight is 312 g/mol. The third-order valence-electron chi connectivity index (χ3n) is 3.84. The van der Waals surface area contributed by atoms with Crippen LogP contribution in [0.15, 0.2) is 41.3 Å². The van der Waals surface area contributed by atoms with Crippen LogP contribution in [-0.2, 0) is 0 Å². The summed E-state index contributed by atoms with van der Waals surface area (Å²) in [7, 11) is 0. The molecule has 3 heterocycles. The number of rotatable bonds is 4. The molecule has 6 nitrogen and oxygen atoms in total. The Morgan fingerprint density at radius 1 is 1.17 bits per heavy atom. The first kappa shape index (κ1) is 15.4. The van der Waals surface area contributed by atoms with Crippen molar-refractivity contribution in [2.75, 3.05) is 0 Å². The molecular formula is C17H20N4O2. The molecule has 6 heteroatoms. The van der Waals surface area contributed by atoms with Gasteiger partial charge in [0.15, 0.2) is 0 Å². The minimum atomic E-state index is -0.675. The van der Waals surface area contributed by atoms with Crippen molar-refractivity contribution in [1.29, 1.82) is 0 Å². The number of aliphatic hydroxyl groups excluding tert-OH is 1. The molecule has 3 rings (SSSR count). The Bertz CT molecular complexity index is 895. The molecule has 0 aromatic carbocycles. The second-order valence-corrected chi connectivity index (χ2v) is 5.81. The van der Waals surface area contributed by atoms with Crippen molar-refractivity contribution in [3.8, 4) is 11.3 Å². The van der Waals surface area contributed by atoms with Crippen molar-refractivity contribution in [2.24, 2.45) is 0 Å². The highest BCUT2D eigenvalue weighted by Gasteiger charge is 2.21. The maximum Gasteiger partial charge on any atom is 0.267 e. The minimum Gasteiger partial charge on any atom is -0.387 e. The number of fused-ring (bicyclic) bond motifs is 1. The van der Waals surface area contributed by atoms with Gasteiger partial charge in [-0.1, -0.05) is 13.0 Å². The molecule has 1 unspecified atom stereocenters. The van der Waals surface area contributed by atoms with E-state index in [1.165, 1.54) is 10.7 Å². The fourth-order valence-corrected chi connectivity index (χ4v) is 2.63. The standard InChI is InChI=1S/C17H20N4O2/c1-4-14(22)17-16(13-7-5-6-10-20(13)19-17)12-8-9-15(23)21(18-12)11(2)3/h5-11,14,22H,4H2,1-3H3. The van der Waals surface area contributed by atoms with E-state index in [0.717, 1.165) is 11.1 Å². The summed E-state index contributed by atoms with van der Waals surface area (Å²) in [6, 6.07) is 8.90. The van der Waals surface area contributed by atoms with Crippen LogP contribution in [-0.4, -0.2) is 24.5 Å². The Balaban J connectivity index is 2.30. The zero-order valence-electron chi connectivity index (χ0n) is 13.5. The Labute approximate surface area is 134 Å². The van der Waals surface area contributed by atoms with Crippen LogP contribution in [0.4, 0.5) is 0 Å². The molecule has 23 heavy (non-hydrogen) atoms. The van der Waals surface area contributed by atoms with Gasteiger partial charge in [0.1, 0.15) is 5.69 Å². The molecule has 3 aromatic heterocycles. The maximum atomic E-state index is 12.0. The van der Waals surface area contributed by atoms with Crippen molar-refractivity contribution >= 4 is 5.52 Å². The van der Waals surface area contributed by atoms with E-state index in [4.69, 9.17) is 0 Å². The Morgan fingerprint density at radius 2 is 1.96 bits per heavy atom. The molecule has 0 radical (unpaired) electrons. The van der Waals surface area contributed by atoms with Gasteiger partial charge in [-0.2, -0.15) is 10.2 Å². The predicted molar refractivity (Wildman–Crippen MR) is 88.3 cm³/mol. The van der Waals surface area contributed by atoms with Crippen LogP contribution in [0.3, 0.4) is 0 Å². The van der Waals surface area contributed by atoms with Crippen molar-refractivity contribution < 1.29 is 5.11 Å². The van der Waals surface area contributed by atoms with E-state index in [9.17, 15) is 9.90 Å². The zero-order chi connectivity index (χ0) is 16.6. The lowest BCUT2D eigenvalue weighted by molar-refractivity contribution is 0.169. The highest BCUT2D eigenvalue weighted by Crippen LogP contribution is 2.31. The summed E-state index contributed by atoms with van der Waals surface area (Å²) in [5, 5.41) is 19.3. The Kier molecular flexibility index (Phi) is 4.00. The Morgan fingerprint density at radius 3 is 2.65 bits per heavy atom. The van der Waals surface area contributed by atoms with Crippen LogP contribution in [0.1, 0.15) is 45.0 Å². The number of pyridine rings is 1. The fourth-order valence-electron chi connectivity index (χ4n) is 2.63. The Hall–Kier alpha value is -2.47. The van der Waals surface area contributed by atoms with Crippen LogP contribution in [0.25, 0.3) is 16.8 Å². The van der Waals surface area contributed by atoms with Gasteiger partial charge in [0.05, 0.1) is 28.9 Å². The largest absolute Gasteiger partial charge is 0.387 e. The van der Waals surface area contributed by atoms with Crippen LogP contribution in [0.2, 0.25) is 0 Å². The van der Waals surface area contributed by atoms with Gasteiger partial charge in [-0.05, 0) is 38.5 Å². The number of aliphatic hydroxyl groups is 1. The zero-order valence-corrected chi connectivity index (χ0v) is 13.5. The second-order valence-electron chi connectivity index (χ2n) is 5.81. The fraction of sp³-hybridized carbons (Fsp3) is 0.353. The minimum absolute atomic E-state index is 0.0381. The van der Waals surface area contributed by atoms with Crippen LogP contribution in [0, 0.1) is 0 Å². The normalized spacial score (nSPS) is 12.9. The van der Waals surface area contributed by atoms with Crippen LogP contribution in [0.5, 0.6) is 0 Å². The quantitative estimate of drug-likeness (QED) is 0.803. The highest BCUT2D eigenvalue weighted by atomic mass is 16.3. The molecule has 1 atom stereocenters. The number of hydrogen-bond acceptors (Lipinski definition) is 4. The number of hydrogen-bond donors (Lipinski definition) is 1. The molecule has 120 valence electrons. The van der Waals surface area contributed by atoms with E-state index in [1.807, 2.05) is 45.2 Å². The lowest BCUT2D eigenvalue weighted by Crippen LogP contribution is -2.24. The molecular weight excluding hydrogens is 292 g/mol. The van der Waals surface area contributed by atoms with Gasteiger partial charge in [-0.25, -0.2) is 9.20 Å². The first-order valence-electron chi connectivity index (χ1n) is 7.78. The van der Waals surface area contributed by atoms with E-state index in [1.54, 1.807) is 10.6 Å². The summed E-state index contributed by atoms with van der Waals surface area (Å²) in [5.41, 5.74) is 2.71. The molecule has 0 amide bonds.